The lowest BCUT2D eigenvalue weighted by atomic mass is 10.0. The van der Waals surface area contributed by atoms with E-state index < -0.39 is 0 Å². The number of methoxy groups -OCH3 is 2. The van der Waals surface area contributed by atoms with Gasteiger partial charge in [-0.15, -0.1) is 0 Å². The van der Waals surface area contributed by atoms with Gasteiger partial charge < -0.3 is 19.2 Å². The molecule has 1 atom stereocenters. The van der Waals surface area contributed by atoms with Crippen molar-refractivity contribution in [3.63, 3.8) is 0 Å². The highest BCUT2D eigenvalue weighted by atomic mass is 19.1. The van der Waals surface area contributed by atoms with E-state index in [0.29, 0.717) is 31.0 Å². The van der Waals surface area contributed by atoms with Gasteiger partial charge in [0.25, 0.3) is 0 Å². The molecule has 4 rings (SSSR count). The van der Waals surface area contributed by atoms with Gasteiger partial charge in [-0.1, -0.05) is 30.1 Å². The zero-order valence-electron chi connectivity index (χ0n) is 18.6. The van der Waals surface area contributed by atoms with Gasteiger partial charge in [0, 0.05) is 24.4 Å². The van der Waals surface area contributed by atoms with Crippen molar-refractivity contribution in [1.82, 2.24) is 4.90 Å². The molecule has 2 aromatic carbocycles. The van der Waals surface area contributed by atoms with E-state index in [2.05, 4.69) is 5.16 Å². The van der Waals surface area contributed by atoms with Crippen LogP contribution in [-0.2, 0) is 16.2 Å². The highest BCUT2D eigenvalue weighted by molar-refractivity contribution is 6.01. The molecule has 2 aliphatic rings. The predicted octanol–water partition coefficient (Wildman–Crippen LogP) is 4.55. The lowest BCUT2D eigenvalue weighted by Crippen LogP contribution is -2.40. The molecule has 0 N–H and O–H groups in total. The summed E-state index contributed by atoms with van der Waals surface area (Å²) in [5.74, 6) is 1.21. The Labute approximate surface area is 187 Å². The quantitative estimate of drug-likeness (QED) is 0.604. The van der Waals surface area contributed by atoms with Crippen LogP contribution in [-0.4, -0.2) is 43.4 Å². The van der Waals surface area contributed by atoms with E-state index in [1.807, 2.05) is 23.1 Å². The van der Waals surface area contributed by atoms with Crippen molar-refractivity contribution < 1.29 is 23.5 Å². The molecule has 1 heterocycles. The van der Waals surface area contributed by atoms with Crippen molar-refractivity contribution >= 4 is 11.6 Å². The van der Waals surface area contributed by atoms with Crippen molar-refractivity contribution in [3.05, 3.63) is 59.4 Å². The monoisotopic (exact) mass is 440 g/mol. The van der Waals surface area contributed by atoms with Gasteiger partial charge in [-0.05, 0) is 48.7 Å². The Bertz CT molecular complexity index is 970. The molecular weight excluding hydrogens is 411 g/mol. The molecule has 1 unspecified atom stereocenters. The van der Waals surface area contributed by atoms with Crippen LogP contribution in [0.4, 0.5) is 4.39 Å². The van der Waals surface area contributed by atoms with E-state index in [0.717, 1.165) is 42.5 Å². The number of rotatable bonds is 8. The zero-order chi connectivity index (χ0) is 22.5. The first kappa shape index (κ1) is 22.1. The summed E-state index contributed by atoms with van der Waals surface area (Å²) in [7, 11) is 3.19. The normalized spacial score (nSPS) is 18.2. The van der Waals surface area contributed by atoms with Gasteiger partial charge in [-0.2, -0.15) is 0 Å². The van der Waals surface area contributed by atoms with Crippen LogP contribution < -0.4 is 9.47 Å². The smallest absolute Gasteiger partial charge is 0.226 e. The summed E-state index contributed by atoms with van der Waals surface area (Å²) in [6, 6.07) is 12.0. The third kappa shape index (κ3) is 5.03. The maximum Gasteiger partial charge on any atom is 0.226 e. The summed E-state index contributed by atoms with van der Waals surface area (Å²) >= 11 is 0. The molecule has 0 spiro atoms. The summed E-state index contributed by atoms with van der Waals surface area (Å²) in [6.45, 7) is 0.869. The molecule has 32 heavy (non-hydrogen) atoms. The lowest BCUT2D eigenvalue weighted by Gasteiger charge is -2.27. The minimum absolute atomic E-state index is 0.0584. The van der Waals surface area contributed by atoms with Gasteiger partial charge in [0.1, 0.15) is 5.82 Å². The summed E-state index contributed by atoms with van der Waals surface area (Å²) in [5.41, 5.74) is 2.61. The Morgan fingerprint density at radius 2 is 1.81 bits per heavy atom. The third-order valence-electron chi connectivity index (χ3n) is 6.18. The summed E-state index contributed by atoms with van der Waals surface area (Å²) in [6.07, 6.45) is 4.40. The number of ether oxygens (including phenoxy) is 2. The number of nitrogens with zero attached hydrogens (tertiary/aromatic N) is 2. The van der Waals surface area contributed by atoms with Crippen molar-refractivity contribution in [3.8, 4) is 11.5 Å². The molecule has 170 valence electrons. The average Bonchev–Trinajstić information content (AvgIpc) is 3.52. The molecular formula is C25H29FN2O4. The fourth-order valence-electron chi connectivity index (χ4n) is 4.43. The molecule has 6 nitrogen and oxygen atoms in total. The van der Waals surface area contributed by atoms with Crippen LogP contribution in [0, 0.1) is 11.7 Å². The topological polar surface area (TPSA) is 60.4 Å². The molecule has 1 saturated carbocycles. The van der Waals surface area contributed by atoms with E-state index in [1.54, 1.807) is 26.4 Å². The van der Waals surface area contributed by atoms with Gasteiger partial charge in [-0.3, -0.25) is 4.79 Å². The second-order valence-corrected chi connectivity index (χ2v) is 8.37. The highest BCUT2D eigenvalue weighted by Crippen LogP contribution is 2.31. The number of oxime groups is 1. The Balaban J connectivity index is 1.45. The SMILES string of the molecule is COc1ccc(C2=NOC(CN(Cc3ccc(F)cc3)C(=O)C3CCCC3)C2)cc1OC. The number of carbonyl (C=O) groups is 1. The standard InChI is InChI=1S/C25H29FN2O4/c1-30-23-12-9-19(13-24(23)31-2)22-14-21(32-27-22)16-28(25(29)18-5-3-4-6-18)15-17-7-10-20(26)11-8-17/h7-13,18,21H,3-6,14-16H2,1-2H3. The second-order valence-electron chi connectivity index (χ2n) is 8.37. The molecule has 1 aliphatic heterocycles. The number of benzene rings is 2. The van der Waals surface area contributed by atoms with Crippen molar-refractivity contribution in [2.75, 3.05) is 20.8 Å². The van der Waals surface area contributed by atoms with Crippen molar-refractivity contribution in [1.29, 1.82) is 0 Å². The van der Waals surface area contributed by atoms with Gasteiger partial charge in [0.2, 0.25) is 5.91 Å². The Morgan fingerprint density at radius 1 is 1.09 bits per heavy atom. The van der Waals surface area contributed by atoms with Crippen LogP contribution in [0.25, 0.3) is 0 Å². The maximum absolute atomic E-state index is 13.3. The third-order valence-corrected chi connectivity index (χ3v) is 6.18. The number of hydrogen-bond acceptors (Lipinski definition) is 5. The first-order valence-corrected chi connectivity index (χ1v) is 11.1. The number of halogens is 1. The first-order chi connectivity index (χ1) is 15.6. The van der Waals surface area contributed by atoms with Crippen molar-refractivity contribution in [2.45, 2.75) is 44.8 Å². The van der Waals surface area contributed by atoms with E-state index >= 15 is 0 Å². The van der Waals surface area contributed by atoms with E-state index in [-0.39, 0.29) is 23.7 Å². The molecule has 0 radical (unpaired) electrons. The Kier molecular flexibility index (Phi) is 6.93. The summed E-state index contributed by atoms with van der Waals surface area (Å²) in [5, 5.41) is 4.28. The molecule has 2 aromatic rings. The molecule has 0 bridgehead atoms. The Morgan fingerprint density at radius 3 is 2.50 bits per heavy atom. The van der Waals surface area contributed by atoms with Crippen LogP contribution in [0.1, 0.15) is 43.2 Å². The minimum atomic E-state index is -0.283. The van der Waals surface area contributed by atoms with Gasteiger partial charge in [0.15, 0.2) is 17.6 Å². The number of carbonyl (C=O) groups excluding carboxylic acids is 1. The minimum Gasteiger partial charge on any atom is -0.493 e. The molecule has 1 amide bonds. The van der Waals surface area contributed by atoms with Crippen molar-refractivity contribution in [2.24, 2.45) is 11.1 Å². The van der Waals surface area contributed by atoms with Crippen LogP contribution in [0.2, 0.25) is 0 Å². The van der Waals surface area contributed by atoms with Crippen LogP contribution in [0.5, 0.6) is 11.5 Å². The first-order valence-electron chi connectivity index (χ1n) is 11.1. The molecule has 1 fully saturated rings. The maximum atomic E-state index is 13.3. The number of hydrogen-bond donors (Lipinski definition) is 0. The van der Waals surface area contributed by atoms with E-state index in [1.165, 1.54) is 12.1 Å². The fourth-order valence-corrected chi connectivity index (χ4v) is 4.43. The van der Waals surface area contributed by atoms with Gasteiger partial charge in [-0.25, -0.2) is 4.39 Å². The summed E-state index contributed by atoms with van der Waals surface area (Å²) < 4.78 is 24.0. The Hall–Kier alpha value is -3.09. The summed E-state index contributed by atoms with van der Waals surface area (Å²) in [4.78, 5) is 20.8. The van der Waals surface area contributed by atoms with E-state index in [9.17, 15) is 9.18 Å². The zero-order valence-corrected chi connectivity index (χ0v) is 18.6. The van der Waals surface area contributed by atoms with E-state index in [4.69, 9.17) is 14.3 Å². The lowest BCUT2D eigenvalue weighted by molar-refractivity contribution is -0.137. The highest BCUT2D eigenvalue weighted by Gasteiger charge is 2.31. The largest absolute Gasteiger partial charge is 0.493 e. The number of amides is 1. The molecule has 0 aromatic heterocycles. The van der Waals surface area contributed by atoms with Crippen LogP contribution in [0.3, 0.4) is 0 Å². The second kappa shape index (κ2) is 10.0. The average molecular weight is 441 g/mol. The van der Waals surface area contributed by atoms with Gasteiger partial charge in [0.05, 0.1) is 26.5 Å². The van der Waals surface area contributed by atoms with Gasteiger partial charge >= 0.3 is 0 Å². The predicted molar refractivity (Wildman–Crippen MR) is 119 cm³/mol. The molecule has 0 saturated heterocycles. The molecule has 7 heteroatoms. The fraction of sp³-hybridized carbons (Fsp3) is 0.440. The van der Waals surface area contributed by atoms with Crippen LogP contribution >= 0.6 is 0 Å². The van der Waals surface area contributed by atoms with Crippen LogP contribution in [0.15, 0.2) is 47.6 Å². The molecule has 1 aliphatic carbocycles.